The molecule has 13 heavy (non-hydrogen) atoms. The second-order valence-electron chi connectivity index (χ2n) is 3.53. The molecule has 1 aromatic carbocycles. The Bertz CT molecular complexity index is 332. The summed E-state index contributed by atoms with van der Waals surface area (Å²) in [6.07, 6.45) is 0. The van der Waals surface area contributed by atoms with Crippen LogP contribution in [0, 0.1) is 12.7 Å². The predicted octanol–water partition coefficient (Wildman–Crippen LogP) is 1.90. The summed E-state index contributed by atoms with van der Waals surface area (Å²) >= 11 is 0. The average Bonchev–Trinajstić information content (AvgIpc) is 2.06. The van der Waals surface area contributed by atoms with Crippen LogP contribution in [0.1, 0.15) is 11.1 Å². The summed E-state index contributed by atoms with van der Waals surface area (Å²) < 4.78 is 26.6. The molecule has 1 aromatic rings. The summed E-state index contributed by atoms with van der Waals surface area (Å²) in [6, 6.07) is 4.42. The lowest BCUT2D eigenvalue weighted by molar-refractivity contribution is 0.0890. The van der Waals surface area contributed by atoms with Gasteiger partial charge in [-0.1, -0.05) is 6.07 Å². The molecular formula is C10H11F2N. The third kappa shape index (κ3) is 1.33. The van der Waals surface area contributed by atoms with E-state index in [9.17, 15) is 8.78 Å². The van der Waals surface area contributed by atoms with Crippen LogP contribution in [0.3, 0.4) is 0 Å². The largest absolute Gasteiger partial charge is 0.310 e. The van der Waals surface area contributed by atoms with Crippen molar-refractivity contribution in [3.05, 3.63) is 35.1 Å². The lowest BCUT2D eigenvalue weighted by Crippen LogP contribution is -2.53. The number of benzene rings is 1. The van der Waals surface area contributed by atoms with E-state index in [0.717, 1.165) is 0 Å². The normalized spacial score (nSPS) is 19.6. The fourth-order valence-corrected chi connectivity index (χ4v) is 1.47. The SMILES string of the molecule is Cc1cc(C2(F)CNC2)ccc1F. The van der Waals surface area contributed by atoms with Crippen molar-refractivity contribution < 1.29 is 8.78 Å². The van der Waals surface area contributed by atoms with E-state index < -0.39 is 5.67 Å². The molecule has 0 atom stereocenters. The van der Waals surface area contributed by atoms with Crippen molar-refractivity contribution in [2.75, 3.05) is 13.1 Å². The summed E-state index contributed by atoms with van der Waals surface area (Å²) in [5.74, 6) is -0.278. The van der Waals surface area contributed by atoms with Gasteiger partial charge in [0.2, 0.25) is 0 Å². The molecule has 1 saturated heterocycles. The minimum Gasteiger partial charge on any atom is -0.310 e. The molecule has 1 nitrogen and oxygen atoms in total. The number of rotatable bonds is 1. The first kappa shape index (κ1) is 8.63. The van der Waals surface area contributed by atoms with E-state index in [1.165, 1.54) is 12.1 Å². The zero-order valence-corrected chi connectivity index (χ0v) is 7.40. The Labute approximate surface area is 75.8 Å². The minimum absolute atomic E-state index is 0.278. The van der Waals surface area contributed by atoms with Gasteiger partial charge in [-0.05, 0) is 30.2 Å². The van der Waals surface area contributed by atoms with Gasteiger partial charge in [-0.2, -0.15) is 0 Å². The van der Waals surface area contributed by atoms with Crippen LogP contribution >= 0.6 is 0 Å². The topological polar surface area (TPSA) is 12.0 Å². The van der Waals surface area contributed by atoms with E-state index in [0.29, 0.717) is 24.2 Å². The number of hydrogen-bond acceptors (Lipinski definition) is 1. The predicted molar refractivity (Wildman–Crippen MR) is 46.8 cm³/mol. The summed E-state index contributed by atoms with van der Waals surface area (Å²) in [4.78, 5) is 0. The number of aryl methyl sites for hydroxylation is 1. The molecule has 0 amide bonds. The monoisotopic (exact) mass is 183 g/mol. The second kappa shape index (κ2) is 2.77. The number of nitrogens with one attached hydrogen (secondary N) is 1. The molecule has 0 radical (unpaired) electrons. The highest BCUT2D eigenvalue weighted by atomic mass is 19.1. The van der Waals surface area contributed by atoms with Crippen LogP contribution in [0.5, 0.6) is 0 Å². The highest BCUT2D eigenvalue weighted by Crippen LogP contribution is 2.30. The first-order valence-electron chi connectivity index (χ1n) is 4.28. The minimum atomic E-state index is -1.28. The van der Waals surface area contributed by atoms with Crippen molar-refractivity contribution in [1.29, 1.82) is 0 Å². The second-order valence-corrected chi connectivity index (χ2v) is 3.53. The molecule has 1 heterocycles. The summed E-state index contributed by atoms with van der Waals surface area (Å²) in [5.41, 5.74) is -0.204. The molecule has 1 fully saturated rings. The first-order chi connectivity index (χ1) is 6.12. The van der Waals surface area contributed by atoms with Gasteiger partial charge in [-0.15, -0.1) is 0 Å². The molecule has 0 aliphatic carbocycles. The van der Waals surface area contributed by atoms with E-state index in [-0.39, 0.29) is 5.82 Å². The van der Waals surface area contributed by atoms with E-state index >= 15 is 0 Å². The Kier molecular flexibility index (Phi) is 1.84. The number of alkyl halides is 1. The van der Waals surface area contributed by atoms with Crippen LogP contribution < -0.4 is 5.32 Å². The van der Waals surface area contributed by atoms with Crippen LogP contribution in [0.4, 0.5) is 8.78 Å². The molecule has 1 N–H and O–H groups in total. The number of halogens is 2. The Balaban J connectivity index is 2.36. The van der Waals surface area contributed by atoms with Gasteiger partial charge in [0.15, 0.2) is 5.67 Å². The third-order valence-electron chi connectivity index (χ3n) is 2.49. The van der Waals surface area contributed by atoms with Crippen LogP contribution in [0.2, 0.25) is 0 Å². The van der Waals surface area contributed by atoms with Crippen molar-refractivity contribution in [2.45, 2.75) is 12.6 Å². The fraction of sp³-hybridized carbons (Fsp3) is 0.400. The van der Waals surface area contributed by atoms with Gasteiger partial charge in [-0.3, -0.25) is 0 Å². The Morgan fingerprint density at radius 3 is 2.54 bits per heavy atom. The maximum absolute atomic E-state index is 13.8. The highest BCUT2D eigenvalue weighted by Gasteiger charge is 2.38. The molecule has 0 aromatic heterocycles. The smallest absolute Gasteiger partial charge is 0.160 e. The molecule has 2 rings (SSSR count). The standard InChI is InChI=1S/C10H11F2N/c1-7-4-8(2-3-9(7)11)10(12)5-13-6-10/h2-4,13H,5-6H2,1H3. The molecule has 0 bridgehead atoms. The van der Waals surface area contributed by atoms with Crippen molar-refractivity contribution in [3.8, 4) is 0 Å². The van der Waals surface area contributed by atoms with Crippen molar-refractivity contribution in [2.24, 2.45) is 0 Å². The van der Waals surface area contributed by atoms with E-state index in [1.807, 2.05) is 0 Å². The summed E-state index contributed by atoms with van der Waals surface area (Å²) in [5, 5.41) is 2.87. The van der Waals surface area contributed by atoms with Gasteiger partial charge >= 0.3 is 0 Å². The van der Waals surface area contributed by atoms with Crippen molar-refractivity contribution in [3.63, 3.8) is 0 Å². The summed E-state index contributed by atoms with van der Waals surface area (Å²) in [7, 11) is 0. The molecule has 0 saturated carbocycles. The molecule has 1 aliphatic rings. The average molecular weight is 183 g/mol. The maximum Gasteiger partial charge on any atom is 0.160 e. The van der Waals surface area contributed by atoms with Crippen LogP contribution in [-0.2, 0) is 5.67 Å². The molecule has 1 aliphatic heterocycles. The quantitative estimate of drug-likeness (QED) is 0.701. The third-order valence-corrected chi connectivity index (χ3v) is 2.49. The van der Waals surface area contributed by atoms with Gasteiger partial charge in [0.25, 0.3) is 0 Å². The maximum atomic E-state index is 13.8. The van der Waals surface area contributed by atoms with Crippen LogP contribution in [0.25, 0.3) is 0 Å². The molecular weight excluding hydrogens is 172 g/mol. The summed E-state index contributed by atoms with van der Waals surface area (Å²) in [6.45, 7) is 2.31. The Morgan fingerprint density at radius 2 is 2.08 bits per heavy atom. The van der Waals surface area contributed by atoms with Crippen LogP contribution in [0.15, 0.2) is 18.2 Å². The van der Waals surface area contributed by atoms with Gasteiger partial charge in [-0.25, -0.2) is 8.78 Å². The molecule has 0 unspecified atom stereocenters. The van der Waals surface area contributed by atoms with Crippen molar-refractivity contribution >= 4 is 0 Å². The Morgan fingerprint density at radius 1 is 1.38 bits per heavy atom. The van der Waals surface area contributed by atoms with Crippen LogP contribution in [-0.4, -0.2) is 13.1 Å². The van der Waals surface area contributed by atoms with Gasteiger partial charge in [0.1, 0.15) is 5.82 Å². The van der Waals surface area contributed by atoms with Crippen molar-refractivity contribution in [1.82, 2.24) is 5.32 Å². The zero-order chi connectivity index (χ0) is 9.47. The van der Waals surface area contributed by atoms with Gasteiger partial charge in [0.05, 0.1) is 0 Å². The lowest BCUT2D eigenvalue weighted by atomic mass is 9.89. The molecule has 0 spiro atoms. The lowest BCUT2D eigenvalue weighted by Gasteiger charge is -2.35. The fourth-order valence-electron chi connectivity index (χ4n) is 1.47. The van der Waals surface area contributed by atoms with E-state index in [2.05, 4.69) is 5.32 Å². The first-order valence-corrected chi connectivity index (χ1v) is 4.28. The highest BCUT2D eigenvalue weighted by molar-refractivity contribution is 5.31. The number of hydrogen-bond donors (Lipinski definition) is 1. The van der Waals surface area contributed by atoms with E-state index in [1.54, 1.807) is 13.0 Å². The Hall–Kier alpha value is -0.960. The van der Waals surface area contributed by atoms with E-state index in [4.69, 9.17) is 0 Å². The van der Waals surface area contributed by atoms with Gasteiger partial charge < -0.3 is 5.32 Å². The molecule has 70 valence electrons. The van der Waals surface area contributed by atoms with Gasteiger partial charge in [0, 0.05) is 13.1 Å². The zero-order valence-electron chi connectivity index (χ0n) is 7.40. The molecule has 3 heteroatoms.